The number of benzene rings is 2. The average Bonchev–Trinajstić information content (AvgIpc) is 2.87. The Morgan fingerprint density at radius 1 is 0.833 bits per heavy atom. The van der Waals surface area contributed by atoms with Gasteiger partial charge in [0.05, 0.1) is 26.6 Å². The minimum atomic E-state index is -0.194. The number of carbonyl (C=O) groups excluding carboxylic acids is 1. The monoisotopic (exact) mass is 496 g/mol. The standard InChI is InChI=1S/C32H50NO3/c1-5-6-7-8-9-10-11-12-14-18-29-21-17-22-31(25-29)35-27-36-32(34)28(2)23-24-33(3,4)26-30-19-15-13-16-20-30/h13,15-17,19-22,25,28H,5-12,14,18,23-24,26-27H2,1-4H3/q+1. The van der Waals surface area contributed by atoms with Gasteiger partial charge < -0.3 is 14.0 Å². The van der Waals surface area contributed by atoms with Crippen LogP contribution < -0.4 is 4.74 Å². The molecule has 0 spiro atoms. The van der Waals surface area contributed by atoms with Crippen molar-refractivity contribution in [3.05, 3.63) is 65.7 Å². The van der Waals surface area contributed by atoms with Crippen molar-refractivity contribution < 1.29 is 18.8 Å². The van der Waals surface area contributed by atoms with Gasteiger partial charge in [0, 0.05) is 12.0 Å². The first kappa shape index (κ1) is 29.9. The summed E-state index contributed by atoms with van der Waals surface area (Å²) in [5, 5.41) is 0. The predicted octanol–water partition coefficient (Wildman–Crippen LogP) is 7.94. The Hall–Kier alpha value is -2.33. The van der Waals surface area contributed by atoms with Crippen LogP contribution >= 0.6 is 0 Å². The van der Waals surface area contributed by atoms with Crippen LogP contribution in [-0.2, 0) is 22.5 Å². The van der Waals surface area contributed by atoms with Gasteiger partial charge >= 0.3 is 5.97 Å². The molecule has 0 saturated heterocycles. The third-order valence-electron chi connectivity index (χ3n) is 6.92. The van der Waals surface area contributed by atoms with E-state index in [1.807, 2.05) is 25.1 Å². The maximum atomic E-state index is 12.5. The predicted molar refractivity (Wildman–Crippen MR) is 150 cm³/mol. The Kier molecular flexibility index (Phi) is 14.3. The van der Waals surface area contributed by atoms with Crippen molar-refractivity contribution in [2.75, 3.05) is 27.4 Å². The van der Waals surface area contributed by atoms with Crippen LogP contribution in [0, 0.1) is 5.92 Å². The maximum absolute atomic E-state index is 12.5. The topological polar surface area (TPSA) is 35.5 Å². The number of hydrogen-bond donors (Lipinski definition) is 0. The van der Waals surface area contributed by atoms with E-state index in [2.05, 4.69) is 57.4 Å². The molecule has 0 aliphatic rings. The minimum Gasteiger partial charge on any atom is -0.457 e. The lowest BCUT2D eigenvalue weighted by Gasteiger charge is -2.30. The summed E-state index contributed by atoms with van der Waals surface area (Å²) in [4.78, 5) is 12.5. The number of quaternary nitrogens is 1. The van der Waals surface area contributed by atoms with Gasteiger partial charge in [-0.1, -0.05) is 108 Å². The van der Waals surface area contributed by atoms with Crippen molar-refractivity contribution in [1.29, 1.82) is 0 Å². The molecular formula is C32H50NO3+. The van der Waals surface area contributed by atoms with Gasteiger partial charge in [-0.15, -0.1) is 0 Å². The van der Waals surface area contributed by atoms with E-state index in [0.717, 1.165) is 36.2 Å². The van der Waals surface area contributed by atoms with E-state index in [1.165, 1.54) is 68.9 Å². The Bertz CT molecular complexity index is 849. The van der Waals surface area contributed by atoms with Gasteiger partial charge in [0.25, 0.3) is 0 Å². The van der Waals surface area contributed by atoms with Gasteiger partial charge in [0.1, 0.15) is 12.3 Å². The number of nitrogens with zero attached hydrogens (tertiary/aromatic N) is 1. The fraction of sp³-hybridized carbons (Fsp3) is 0.594. The maximum Gasteiger partial charge on any atom is 0.311 e. The molecule has 0 heterocycles. The normalized spacial score (nSPS) is 12.3. The zero-order chi connectivity index (χ0) is 26.1. The zero-order valence-electron chi connectivity index (χ0n) is 23.3. The molecule has 1 unspecified atom stereocenters. The lowest BCUT2D eigenvalue weighted by atomic mass is 10.0. The highest BCUT2D eigenvalue weighted by atomic mass is 16.7. The van der Waals surface area contributed by atoms with Crippen LogP contribution in [-0.4, -0.2) is 37.9 Å². The van der Waals surface area contributed by atoms with Crippen molar-refractivity contribution in [3.8, 4) is 5.75 Å². The molecule has 0 bridgehead atoms. The summed E-state index contributed by atoms with van der Waals surface area (Å²) < 4.78 is 12.0. The summed E-state index contributed by atoms with van der Waals surface area (Å²) in [5.74, 6) is 0.421. The van der Waals surface area contributed by atoms with Gasteiger partial charge in [0.15, 0.2) is 0 Å². The molecule has 0 radical (unpaired) electrons. The van der Waals surface area contributed by atoms with Crippen LogP contribution in [0.4, 0.5) is 0 Å². The first-order chi connectivity index (χ1) is 17.4. The Morgan fingerprint density at radius 2 is 1.47 bits per heavy atom. The number of aryl methyl sites for hydroxylation is 1. The number of unbranched alkanes of at least 4 members (excludes halogenated alkanes) is 8. The van der Waals surface area contributed by atoms with Crippen LogP contribution in [0.1, 0.15) is 89.2 Å². The van der Waals surface area contributed by atoms with E-state index in [1.54, 1.807) is 0 Å². The van der Waals surface area contributed by atoms with Gasteiger partial charge in [-0.05, 0) is 30.5 Å². The number of rotatable bonds is 19. The second-order valence-corrected chi connectivity index (χ2v) is 10.9. The van der Waals surface area contributed by atoms with E-state index in [-0.39, 0.29) is 18.7 Å². The fourth-order valence-corrected chi connectivity index (χ4v) is 4.55. The van der Waals surface area contributed by atoms with Crippen molar-refractivity contribution in [1.82, 2.24) is 0 Å². The van der Waals surface area contributed by atoms with Crippen molar-refractivity contribution in [3.63, 3.8) is 0 Å². The highest BCUT2D eigenvalue weighted by molar-refractivity contribution is 5.71. The summed E-state index contributed by atoms with van der Waals surface area (Å²) in [6.07, 6.45) is 13.9. The molecule has 0 fully saturated rings. The third kappa shape index (κ3) is 13.1. The van der Waals surface area contributed by atoms with Crippen molar-refractivity contribution >= 4 is 5.97 Å². The molecule has 0 aliphatic heterocycles. The van der Waals surface area contributed by atoms with Crippen LogP contribution in [0.15, 0.2) is 54.6 Å². The molecular weight excluding hydrogens is 446 g/mol. The van der Waals surface area contributed by atoms with Gasteiger partial charge in [-0.3, -0.25) is 4.79 Å². The molecule has 0 amide bonds. The molecule has 2 rings (SSSR count). The Labute approximate surface area is 220 Å². The van der Waals surface area contributed by atoms with E-state index >= 15 is 0 Å². The van der Waals surface area contributed by atoms with Gasteiger partial charge in [-0.2, -0.15) is 0 Å². The number of esters is 1. The van der Waals surface area contributed by atoms with E-state index in [4.69, 9.17) is 9.47 Å². The lowest BCUT2D eigenvalue weighted by molar-refractivity contribution is -0.904. The molecule has 0 saturated carbocycles. The van der Waals surface area contributed by atoms with Crippen LogP contribution in [0.3, 0.4) is 0 Å². The molecule has 36 heavy (non-hydrogen) atoms. The molecule has 4 heteroatoms. The van der Waals surface area contributed by atoms with Crippen LogP contribution in [0.2, 0.25) is 0 Å². The highest BCUT2D eigenvalue weighted by Crippen LogP contribution is 2.18. The largest absolute Gasteiger partial charge is 0.457 e. The molecule has 2 aromatic carbocycles. The van der Waals surface area contributed by atoms with Crippen LogP contribution in [0.25, 0.3) is 0 Å². The number of carbonyl (C=O) groups is 1. The SMILES string of the molecule is CCCCCCCCCCCc1cccc(OCOC(=O)C(C)CC[N+](C)(C)Cc2ccccc2)c1. The second-order valence-electron chi connectivity index (χ2n) is 10.9. The van der Waals surface area contributed by atoms with Gasteiger partial charge in [-0.25, -0.2) is 0 Å². The molecule has 0 aliphatic carbocycles. The summed E-state index contributed by atoms with van der Waals surface area (Å²) >= 11 is 0. The first-order valence-corrected chi connectivity index (χ1v) is 14.1. The second kappa shape index (κ2) is 17.2. The Morgan fingerprint density at radius 3 is 2.17 bits per heavy atom. The van der Waals surface area contributed by atoms with Gasteiger partial charge in [0.2, 0.25) is 6.79 Å². The summed E-state index contributed by atoms with van der Waals surface area (Å²) in [6, 6.07) is 18.7. The molecule has 0 N–H and O–H groups in total. The summed E-state index contributed by atoms with van der Waals surface area (Å²) in [7, 11) is 4.41. The number of hydrogen-bond acceptors (Lipinski definition) is 3. The highest BCUT2D eigenvalue weighted by Gasteiger charge is 2.21. The lowest BCUT2D eigenvalue weighted by Crippen LogP contribution is -2.40. The average molecular weight is 497 g/mol. The zero-order valence-corrected chi connectivity index (χ0v) is 23.3. The molecule has 2 aromatic rings. The quantitative estimate of drug-likeness (QED) is 0.0857. The summed E-state index contributed by atoms with van der Waals surface area (Å²) in [6.45, 7) is 6.03. The minimum absolute atomic E-state index is 0.0348. The molecule has 4 nitrogen and oxygen atoms in total. The van der Waals surface area contributed by atoms with Crippen molar-refractivity contribution in [2.24, 2.45) is 5.92 Å². The smallest absolute Gasteiger partial charge is 0.311 e. The first-order valence-electron chi connectivity index (χ1n) is 14.1. The summed E-state index contributed by atoms with van der Waals surface area (Å²) in [5.41, 5.74) is 2.60. The molecule has 200 valence electrons. The van der Waals surface area contributed by atoms with E-state index < -0.39 is 0 Å². The molecule has 0 aromatic heterocycles. The molecule has 1 atom stereocenters. The fourth-order valence-electron chi connectivity index (χ4n) is 4.55. The number of ether oxygens (including phenoxy) is 2. The van der Waals surface area contributed by atoms with Crippen molar-refractivity contribution in [2.45, 2.75) is 91.0 Å². The van der Waals surface area contributed by atoms with E-state index in [0.29, 0.717) is 0 Å². The third-order valence-corrected chi connectivity index (χ3v) is 6.92. The van der Waals surface area contributed by atoms with E-state index in [9.17, 15) is 4.79 Å². The van der Waals surface area contributed by atoms with Crippen LogP contribution in [0.5, 0.6) is 5.75 Å². The Balaban J connectivity index is 1.60.